The molecule has 0 fully saturated rings. The topological polar surface area (TPSA) is 119 Å². The van der Waals surface area contributed by atoms with Crippen molar-refractivity contribution in [2.75, 3.05) is 29.2 Å². The van der Waals surface area contributed by atoms with Crippen molar-refractivity contribution < 1.29 is 26.4 Å². The van der Waals surface area contributed by atoms with Crippen molar-refractivity contribution in [3.63, 3.8) is 0 Å². The smallest absolute Gasteiger partial charge is 0.255 e. The first-order chi connectivity index (χ1) is 12.6. The second-order valence-corrected chi connectivity index (χ2v) is 9.70. The van der Waals surface area contributed by atoms with Gasteiger partial charge in [0.05, 0.1) is 23.4 Å². The van der Waals surface area contributed by atoms with Crippen LogP contribution in [0.25, 0.3) is 0 Å². The van der Waals surface area contributed by atoms with E-state index in [2.05, 4.69) is 10.0 Å². The van der Waals surface area contributed by atoms with E-state index in [1.165, 1.54) is 56.5 Å². The molecule has 27 heavy (non-hydrogen) atoms. The number of hydrogen-bond acceptors (Lipinski definition) is 6. The van der Waals surface area contributed by atoms with E-state index < -0.39 is 25.8 Å². The number of methoxy groups -OCH3 is 1. The summed E-state index contributed by atoms with van der Waals surface area (Å²) in [6, 6.07) is 10.1. The Morgan fingerprint density at radius 1 is 1.07 bits per heavy atom. The van der Waals surface area contributed by atoms with Gasteiger partial charge in [0.2, 0.25) is 10.0 Å². The van der Waals surface area contributed by atoms with Gasteiger partial charge in [0.15, 0.2) is 9.84 Å². The number of hydrogen-bond donors (Lipinski definition) is 2. The number of ether oxygens (including phenoxy) is 1. The number of carbonyl (C=O) groups excluding carboxylic acids is 1. The molecule has 2 aromatic rings. The molecule has 1 amide bonds. The molecule has 0 saturated carbocycles. The molecule has 10 heteroatoms. The first-order valence-electron chi connectivity index (χ1n) is 7.85. The number of amides is 1. The summed E-state index contributed by atoms with van der Waals surface area (Å²) < 4.78 is 54.2. The van der Waals surface area contributed by atoms with Gasteiger partial charge in [-0.15, -0.1) is 0 Å². The lowest BCUT2D eigenvalue weighted by Crippen LogP contribution is -2.16. The van der Waals surface area contributed by atoms with Gasteiger partial charge >= 0.3 is 0 Å². The Labute approximate surface area is 158 Å². The van der Waals surface area contributed by atoms with E-state index in [0.717, 1.165) is 6.26 Å². The Hall–Kier alpha value is -2.59. The maximum Gasteiger partial charge on any atom is 0.255 e. The van der Waals surface area contributed by atoms with Crippen molar-refractivity contribution in [3.05, 3.63) is 48.0 Å². The molecule has 146 valence electrons. The van der Waals surface area contributed by atoms with Crippen LogP contribution in [0, 0.1) is 0 Å². The van der Waals surface area contributed by atoms with Crippen molar-refractivity contribution in [2.45, 2.75) is 11.8 Å². The van der Waals surface area contributed by atoms with Gasteiger partial charge in [-0.1, -0.05) is 6.07 Å². The van der Waals surface area contributed by atoms with Crippen LogP contribution in [-0.4, -0.2) is 41.9 Å². The first kappa shape index (κ1) is 20.7. The third kappa shape index (κ3) is 5.44. The van der Waals surface area contributed by atoms with Crippen molar-refractivity contribution in [2.24, 2.45) is 0 Å². The zero-order valence-electron chi connectivity index (χ0n) is 15.0. The second kappa shape index (κ2) is 7.97. The van der Waals surface area contributed by atoms with Crippen LogP contribution in [0.5, 0.6) is 5.75 Å². The number of nitrogens with one attached hydrogen (secondary N) is 2. The molecule has 0 heterocycles. The highest BCUT2D eigenvalue weighted by atomic mass is 32.2. The van der Waals surface area contributed by atoms with Crippen LogP contribution in [-0.2, 0) is 19.9 Å². The van der Waals surface area contributed by atoms with Crippen LogP contribution in [0.2, 0.25) is 0 Å². The van der Waals surface area contributed by atoms with Crippen molar-refractivity contribution >= 4 is 37.1 Å². The molecule has 0 aliphatic rings. The van der Waals surface area contributed by atoms with Gasteiger partial charge in [-0.25, -0.2) is 16.8 Å². The zero-order valence-corrected chi connectivity index (χ0v) is 16.6. The maximum absolute atomic E-state index is 12.4. The third-order valence-electron chi connectivity index (χ3n) is 3.63. The Morgan fingerprint density at radius 3 is 2.37 bits per heavy atom. The molecular formula is C17H20N2O6S2. The van der Waals surface area contributed by atoms with E-state index in [4.69, 9.17) is 4.74 Å². The highest BCUT2D eigenvalue weighted by molar-refractivity contribution is 7.92. The summed E-state index contributed by atoms with van der Waals surface area (Å²) in [6.45, 7) is 1.51. The van der Waals surface area contributed by atoms with Gasteiger partial charge in [0.25, 0.3) is 5.91 Å². The lowest BCUT2D eigenvalue weighted by Gasteiger charge is -2.13. The van der Waals surface area contributed by atoms with E-state index in [1.807, 2.05) is 0 Å². The molecule has 2 N–H and O–H groups in total. The SMILES string of the molecule is CCS(=O)(=O)Nc1ccc(NC(=O)c2cccc(S(C)(=O)=O)c2)cc1OC. The molecular weight excluding hydrogens is 392 g/mol. The fourth-order valence-corrected chi connectivity index (χ4v) is 3.48. The number of rotatable bonds is 7. The predicted octanol–water partition coefficient (Wildman–Crippen LogP) is 2.11. The van der Waals surface area contributed by atoms with Crippen LogP contribution in [0.15, 0.2) is 47.4 Å². The molecule has 2 aromatic carbocycles. The molecule has 0 atom stereocenters. The fourth-order valence-electron chi connectivity index (χ4n) is 2.16. The Bertz CT molecular complexity index is 1060. The largest absolute Gasteiger partial charge is 0.494 e. The zero-order chi connectivity index (χ0) is 20.2. The minimum atomic E-state index is -3.48. The van der Waals surface area contributed by atoms with Crippen LogP contribution in [0.3, 0.4) is 0 Å². The van der Waals surface area contributed by atoms with Gasteiger partial charge in [-0.2, -0.15) is 0 Å². The van der Waals surface area contributed by atoms with E-state index in [-0.39, 0.29) is 27.6 Å². The summed E-state index contributed by atoms with van der Waals surface area (Å²) in [5.41, 5.74) is 0.783. The second-order valence-electron chi connectivity index (χ2n) is 5.67. The number of benzene rings is 2. The summed E-state index contributed by atoms with van der Waals surface area (Å²) in [4.78, 5) is 12.4. The van der Waals surface area contributed by atoms with Gasteiger partial charge < -0.3 is 10.1 Å². The fraction of sp³-hybridized carbons (Fsp3) is 0.235. The average Bonchev–Trinajstić information content (AvgIpc) is 2.62. The number of anilines is 2. The standard InChI is InChI=1S/C17H20N2O6S2/c1-4-27(23,24)19-15-9-8-13(11-16(15)25-2)18-17(20)12-6-5-7-14(10-12)26(3,21)22/h5-11,19H,4H2,1-3H3,(H,18,20). The molecule has 0 radical (unpaired) electrons. The molecule has 0 saturated heterocycles. The Balaban J connectivity index is 2.26. The summed E-state index contributed by atoms with van der Waals surface area (Å²) in [7, 11) is -5.53. The molecule has 0 aliphatic heterocycles. The lowest BCUT2D eigenvalue weighted by atomic mass is 10.2. The quantitative estimate of drug-likeness (QED) is 0.719. The van der Waals surface area contributed by atoms with Crippen LogP contribution < -0.4 is 14.8 Å². The molecule has 8 nitrogen and oxygen atoms in total. The summed E-state index contributed by atoms with van der Waals surface area (Å²) in [5.74, 6) is -0.371. The van der Waals surface area contributed by atoms with Gasteiger partial charge in [0.1, 0.15) is 5.75 Å². The van der Waals surface area contributed by atoms with Crippen LogP contribution >= 0.6 is 0 Å². The van der Waals surface area contributed by atoms with Crippen LogP contribution in [0.4, 0.5) is 11.4 Å². The minimum Gasteiger partial charge on any atom is -0.494 e. The van der Waals surface area contributed by atoms with Gasteiger partial charge in [-0.3, -0.25) is 9.52 Å². The van der Waals surface area contributed by atoms with Gasteiger partial charge in [-0.05, 0) is 37.3 Å². The first-order valence-corrected chi connectivity index (χ1v) is 11.4. The molecule has 0 aromatic heterocycles. The normalized spacial score (nSPS) is 11.7. The molecule has 0 unspecified atom stereocenters. The van der Waals surface area contributed by atoms with E-state index in [9.17, 15) is 21.6 Å². The average molecular weight is 412 g/mol. The summed E-state index contributed by atoms with van der Waals surface area (Å²) >= 11 is 0. The summed E-state index contributed by atoms with van der Waals surface area (Å²) in [5, 5.41) is 2.62. The Morgan fingerprint density at radius 2 is 1.78 bits per heavy atom. The number of sulfonamides is 1. The van der Waals surface area contributed by atoms with E-state index in [0.29, 0.717) is 5.69 Å². The monoisotopic (exact) mass is 412 g/mol. The number of sulfone groups is 1. The van der Waals surface area contributed by atoms with Crippen molar-refractivity contribution in [1.29, 1.82) is 0 Å². The summed E-state index contributed by atoms with van der Waals surface area (Å²) in [6.07, 6.45) is 1.06. The van der Waals surface area contributed by atoms with Crippen LogP contribution in [0.1, 0.15) is 17.3 Å². The molecule has 2 rings (SSSR count). The lowest BCUT2D eigenvalue weighted by molar-refractivity contribution is 0.102. The highest BCUT2D eigenvalue weighted by Crippen LogP contribution is 2.29. The number of carbonyl (C=O) groups is 1. The third-order valence-corrected chi connectivity index (χ3v) is 6.03. The van der Waals surface area contributed by atoms with Crippen molar-refractivity contribution in [1.82, 2.24) is 0 Å². The molecule has 0 bridgehead atoms. The van der Waals surface area contributed by atoms with E-state index in [1.54, 1.807) is 0 Å². The molecule has 0 aliphatic carbocycles. The van der Waals surface area contributed by atoms with E-state index >= 15 is 0 Å². The minimum absolute atomic E-state index is 0.0389. The predicted molar refractivity (Wildman–Crippen MR) is 104 cm³/mol. The molecule has 0 spiro atoms. The maximum atomic E-state index is 12.4. The Kier molecular flexibility index (Phi) is 6.11. The van der Waals surface area contributed by atoms with Gasteiger partial charge in [0, 0.05) is 23.6 Å². The van der Waals surface area contributed by atoms with Crippen molar-refractivity contribution in [3.8, 4) is 5.75 Å². The highest BCUT2D eigenvalue weighted by Gasteiger charge is 2.14.